The van der Waals surface area contributed by atoms with E-state index in [2.05, 4.69) is 10.6 Å². The third kappa shape index (κ3) is 4.62. The summed E-state index contributed by atoms with van der Waals surface area (Å²) in [6.45, 7) is 4.94. The van der Waals surface area contributed by atoms with Crippen molar-refractivity contribution >= 4 is 23.4 Å². The first kappa shape index (κ1) is 18.4. The largest absolute Gasteiger partial charge is 0.351 e. The summed E-state index contributed by atoms with van der Waals surface area (Å²) in [7, 11) is 0. The fraction of sp³-hybridized carbons (Fsp3) is 0.550. The van der Waals surface area contributed by atoms with Crippen molar-refractivity contribution in [1.29, 1.82) is 0 Å². The van der Waals surface area contributed by atoms with Gasteiger partial charge >= 0.3 is 0 Å². The molecular formula is C20H27N3O3. The monoisotopic (exact) mass is 357 g/mol. The van der Waals surface area contributed by atoms with Crippen LogP contribution in [0.3, 0.4) is 0 Å². The van der Waals surface area contributed by atoms with Gasteiger partial charge < -0.3 is 15.5 Å². The molecule has 2 N–H and O–H groups in total. The maximum Gasteiger partial charge on any atom is 0.253 e. The second-order valence-electron chi connectivity index (χ2n) is 7.60. The van der Waals surface area contributed by atoms with E-state index in [1.165, 1.54) is 0 Å². The van der Waals surface area contributed by atoms with Crippen molar-refractivity contribution in [3.63, 3.8) is 0 Å². The zero-order valence-corrected chi connectivity index (χ0v) is 15.5. The molecule has 0 unspecified atom stereocenters. The molecular weight excluding hydrogens is 330 g/mol. The van der Waals surface area contributed by atoms with Crippen LogP contribution >= 0.6 is 0 Å². The van der Waals surface area contributed by atoms with Crippen LogP contribution in [0, 0.1) is 11.8 Å². The second-order valence-corrected chi connectivity index (χ2v) is 7.60. The third-order valence-corrected chi connectivity index (χ3v) is 4.90. The van der Waals surface area contributed by atoms with Crippen LogP contribution in [0.1, 0.15) is 49.9 Å². The number of rotatable bonds is 5. The van der Waals surface area contributed by atoms with E-state index in [9.17, 15) is 14.4 Å². The highest BCUT2D eigenvalue weighted by Crippen LogP contribution is 2.30. The van der Waals surface area contributed by atoms with E-state index in [1.54, 1.807) is 29.2 Å². The smallest absolute Gasteiger partial charge is 0.253 e. The lowest BCUT2D eigenvalue weighted by atomic mass is 10.0. The fourth-order valence-corrected chi connectivity index (χ4v) is 3.15. The van der Waals surface area contributed by atoms with Crippen LogP contribution in [-0.4, -0.2) is 41.8 Å². The van der Waals surface area contributed by atoms with Crippen LogP contribution < -0.4 is 10.6 Å². The van der Waals surface area contributed by atoms with E-state index in [0.29, 0.717) is 24.3 Å². The van der Waals surface area contributed by atoms with Gasteiger partial charge in [0.25, 0.3) is 5.91 Å². The minimum absolute atomic E-state index is 0.000326. The van der Waals surface area contributed by atoms with Gasteiger partial charge in [0.1, 0.15) is 0 Å². The second kappa shape index (κ2) is 7.89. The van der Waals surface area contributed by atoms with Crippen LogP contribution in [0.2, 0.25) is 0 Å². The highest BCUT2D eigenvalue weighted by atomic mass is 16.2. The van der Waals surface area contributed by atoms with Gasteiger partial charge in [0.2, 0.25) is 11.8 Å². The van der Waals surface area contributed by atoms with Gasteiger partial charge in [0.15, 0.2) is 0 Å². The Balaban J connectivity index is 1.62. The molecule has 1 atom stereocenters. The Morgan fingerprint density at radius 3 is 2.62 bits per heavy atom. The van der Waals surface area contributed by atoms with Gasteiger partial charge in [0.05, 0.1) is 0 Å². The average molecular weight is 357 g/mol. The van der Waals surface area contributed by atoms with Gasteiger partial charge in [-0.25, -0.2) is 0 Å². The number of anilines is 1. The Bertz CT molecular complexity index is 697. The number of carbonyl (C=O) groups is 3. The molecule has 0 aromatic heterocycles. The predicted octanol–water partition coefficient (Wildman–Crippen LogP) is 2.41. The summed E-state index contributed by atoms with van der Waals surface area (Å²) >= 11 is 0. The van der Waals surface area contributed by atoms with Crippen LogP contribution in [-0.2, 0) is 9.59 Å². The molecule has 6 heteroatoms. The molecule has 2 aliphatic rings. The molecule has 1 aliphatic heterocycles. The van der Waals surface area contributed by atoms with E-state index < -0.39 is 0 Å². The third-order valence-electron chi connectivity index (χ3n) is 4.90. The molecule has 1 heterocycles. The lowest BCUT2D eigenvalue weighted by Crippen LogP contribution is -2.50. The summed E-state index contributed by atoms with van der Waals surface area (Å²) in [6, 6.07) is 7.10. The van der Waals surface area contributed by atoms with Crippen molar-refractivity contribution in [3.05, 3.63) is 29.8 Å². The quantitative estimate of drug-likeness (QED) is 0.849. The average Bonchev–Trinajstić information content (AvgIpc) is 3.46. The first-order valence-corrected chi connectivity index (χ1v) is 9.44. The van der Waals surface area contributed by atoms with Crippen molar-refractivity contribution in [3.8, 4) is 0 Å². The summed E-state index contributed by atoms with van der Waals surface area (Å²) < 4.78 is 0. The van der Waals surface area contributed by atoms with Gasteiger partial charge in [-0.05, 0) is 43.9 Å². The molecule has 2 fully saturated rings. The standard InChI is InChI=1S/C20H27N3O3/c1-13(2)18(24)22-17-7-4-10-23(12-17)20(26)15-5-3-6-16(11-15)21-19(25)14-8-9-14/h3,5-6,11,13-14,17H,4,7-10,12H2,1-2H3,(H,21,25)(H,22,24)/t17-/m0/s1. The minimum atomic E-state index is -0.0622. The molecule has 0 spiro atoms. The fourth-order valence-electron chi connectivity index (χ4n) is 3.15. The Hall–Kier alpha value is -2.37. The van der Waals surface area contributed by atoms with E-state index in [1.807, 2.05) is 13.8 Å². The highest BCUT2D eigenvalue weighted by molar-refractivity contribution is 5.98. The zero-order valence-electron chi connectivity index (χ0n) is 15.5. The SMILES string of the molecule is CC(C)C(=O)N[C@H]1CCCN(C(=O)c2cccc(NC(=O)C3CC3)c2)C1. The zero-order chi connectivity index (χ0) is 18.7. The van der Waals surface area contributed by atoms with Crippen LogP contribution in [0.15, 0.2) is 24.3 Å². The number of nitrogens with one attached hydrogen (secondary N) is 2. The predicted molar refractivity (Wildman–Crippen MR) is 99.7 cm³/mol. The Morgan fingerprint density at radius 2 is 1.92 bits per heavy atom. The van der Waals surface area contributed by atoms with Crippen molar-refractivity contribution in [2.75, 3.05) is 18.4 Å². The lowest BCUT2D eigenvalue weighted by Gasteiger charge is -2.33. The topological polar surface area (TPSA) is 78.5 Å². The van der Waals surface area contributed by atoms with Crippen LogP contribution in [0.5, 0.6) is 0 Å². The molecule has 1 aromatic rings. The number of benzene rings is 1. The highest BCUT2D eigenvalue weighted by Gasteiger charge is 2.30. The summed E-state index contributed by atoms with van der Waals surface area (Å²) in [5.41, 5.74) is 1.23. The minimum Gasteiger partial charge on any atom is -0.351 e. The number of carbonyl (C=O) groups excluding carboxylic acids is 3. The normalized spacial score (nSPS) is 20.0. The molecule has 0 radical (unpaired) electrons. The summed E-state index contributed by atoms with van der Waals surface area (Å²) in [5, 5.41) is 5.90. The van der Waals surface area contributed by atoms with Crippen molar-refractivity contribution in [2.24, 2.45) is 11.8 Å². The van der Waals surface area contributed by atoms with Crippen LogP contribution in [0.4, 0.5) is 5.69 Å². The molecule has 3 amide bonds. The number of hydrogen-bond donors (Lipinski definition) is 2. The number of hydrogen-bond acceptors (Lipinski definition) is 3. The number of likely N-dealkylation sites (tertiary alicyclic amines) is 1. The molecule has 1 aliphatic carbocycles. The number of nitrogens with zero attached hydrogens (tertiary/aromatic N) is 1. The van der Waals surface area contributed by atoms with Crippen molar-refractivity contribution in [1.82, 2.24) is 10.2 Å². The van der Waals surface area contributed by atoms with Crippen molar-refractivity contribution in [2.45, 2.75) is 45.6 Å². The maximum atomic E-state index is 12.8. The maximum absolute atomic E-state index is 12.8. The van der Waals surface area contributed by atoms with E-state index in [4.69, 9.17) is 0 Å². The summed E-state index contributed by atoms with van der Waals surface area (Å²) in [4.78, 5) is 38.5. The molecule has 26 heavy (non-hydrogen) atoms. The number of amides is 3. The number of piperidine rings is 1. The van der Waals surface area contributed by atoms with E-state index in [0.717, 1.165) is 25.7 Å². The molecule has 1 saturated carbocycles. The molecule has 0 bridgehead atoms. The molecule has 1 aromatic carbocycles. The van der Waals surface area contributed by atoms with Gasteiger partial charge in [-0.3, -0.25) is 14.4 Å². The van der Waals surface area contributed by atoms with Gasteiger partial charge in [-0.1, -0.05) is 19.9 Å². The van der Waals surface area contributed by atoms with Gasteiger partial charge in [-0.15, -0.1) is 0 Å². The van der Waals surface area contributed by atoms with Crippen LogP contribution in [0.25, 0.3) is 0 Å². The van der Waals surface area contributed by atoms with E-state index in [-0.39, 0.29) is 35.6 Å². The van der Waals surface area contributed by atoms with E-state index >= 15 is 0 Å². The molecule has 140 valence electrons. The Labute approximate surface area is 154 Å². The molecule has 3 rings (SSSR count). The Morgan fingerprint density at radius 1 is 1.15 bits per heavy atom. The first-order chi connectivity index (χ1) is 12.4. The lowest BCUT2D eigenvalue weighted by molar-refractivity contribution is -0.125. The van der Waals surface area contributed by atoms with Gasteiger partial charge in [0, 0.05) is 42.2 Å². The van der Waals surface area contributed by atoms with Gasteiger partial charge in [-0.2, -0.15) is 0 Å². The Kier molecular flexibility index (Phi) is 5.59. The van der Waals surface area contributed by atoms with Crippen molar-refractivity contribution < 1.29 is 14.4 Å². The first-order valence-electron chi connectivity index (χ1n) is 9.44. The molecule has 6 nitrogen and oxygen atoms in total. The summed E-state index contributed by atoms with van der Waals surface area (Å²) in [5.74, 6) is 0.0590. The summed E-state index contributed by atoms with van der Waals surface area (Å²) in [6.07, 6.45) is 3.65. The molecule has 1 saturated heterocycles.